The van der Waals surface area contributed by atoms with Gasteiger partial charge in [0.05, 0.1) is 13.2 Å². The van der Waals surface area contributed by atoms with Gasteiger partial charge in [0.15, 0.2) is 0 Å². The average Bonchev–Trinajstić information content (AvgIpc) is 2.78. The van der Waals surface area contributed by atoms with Crippen LogP contribution < -0.4 is 5.73 Å². The number of rotatable bonds is 5. The molecule has 1 aliphatic heterocycles. The Balaban J connectivity index is 2.09. The Morgan fingerprint density at radius 2 is 2.09 bits per heavy atom. The van der Waals surface area contributed by atoms with Gasteiger partial charge < -0.3 is 15.2 Å². The molecule has 2 N–H and O–H groups in total. The van der Waals surface area contributed by atoms with Crippen LogP contribution in [0.2, 0.25) is 10.0 Å². The molecule has 0 aliphatic carbocycles. The first-order chi connectivity index (χ1) is 10.4. The zero-order valence-corrected chi connectivity index (χ0v) is 13.4. The van der Waals surface area contributed by atoms with Crippen molar-refractivity contribution in [3.63, 3.8) is 0 Å². The lowest BCUT2D eigenvalue weighted by Crippen LogP contribution is -2.41. The molecule has 0 bridgehead atoms. The molecule has 1 aromatic rings. The van der Waals surface area contributed by atoms with Crippen molar-refractivity contribution in [2.45, 2.75) is 25.0 Å². The number of esters is 1. The van der Waals surface area contributed by atoms with E-state index in [1.54, 1.807) is 18.2 Å². The summed E-state index contributed by atoms with van der Waals surface area (Å²) >= 11 is 11.9. The van der Waals surface area contributed by atoms with Crippen LogP contribution in [0.5, 0.6) is 0 Å². The van der Waals surface area contributed by atoms with E-state index in [1.165, 1.54) is 12.0 Å². The molecule has 0 saturated carbocycles. The Morgan fingerprint density at radius 1 is 1.45 bits per heavy atom. The highest BCUT2D eigenvalue weighted by Crippen LogP contribution is 2.24. The summed E-state index contributed by atoms with van der Waals surface area (Å²) in [5.74, 6) is -0.523. The number of hydrogen-bond acceptors (Lipinski definition) is 5. The zero-order valence-electron chi connectivity index (χ0n) is 11.9. The number of carbonyl (C=O) groups is 2. The SMILES string of the molecule is COC(=O)[C@@H](N)CC1COC(=O)N1Cc1cc(Cl)cc(Cl)c1. The normalized spacial score (nSPS) is 19.0. The Hall–Kier alpha value is -1.50. The molecule has 8 heteroatoms. The molecule has 2 rings (SSSR count). The van der Waals surface area contributed by atoms with Gasteiger partial charge in [-0.05, 0) is 30.2 Å². The first-order valence-electron chi connectivity index (χ1n) is 6.62. The van der Waals surface area contributed by atoms with Crippen LogP contribution >= 0.6 is 23.2 Å². The minimum absolute atomic E-state index is 0.178. The van der Waals surface area contributed by atoms with Crippen LogP contribution in [0.1, 0.15) is 12.0 Å². The Bertz CT molecular complexity index is 562. The Kier molecular flexibility index (Phi) is 5.50. The summed E-state index contributed by atoms with van der Waals surface area (Å²) in [6.07, 6.45) is -0.203. The molecular weight excluding hydrogens is 331 g/mol. The average molecular weight is 347 g/mol. The molecule has 1 aromatic carbocycles. The van der Waals surface area contributed by atoms with Gasteiger partial charge in [0.2, 0.25) is 0 Å². The van der Waals surface area contributed by atoms with Crippen LogP contribution in [-0.2, 0) is 20.8 Å². The summed E-state index contributed by atoms with van der Waals surface area (Å²) < 4.78 is 9.63. The second kappa shape index (κ2) is 7.17. The number of nitrogens with zero attached hydrogens (tertiary/aromatic N) is 1. The van der Waals surface area contributed by atoms with Crippen LogP contribution in [0, 0.1) is 0 Å². The van der Waals surface area contributed by atoms with Gasteiger partial charge in [0.1, 0.15) is 12.6 Å². The molecule has 1 aliphatic rings. The predicted octanol–water partition coefficient (Wildman–Crippen LogP) is 2.20. The fraction of sp³-hybridized carbons (Fsp3) is 0.429. The topological polar surface area (TPSA) is 81.9 Å². The molecule has 1 unspecified atom stereocenters. The molecule has 2 atom stereocenters. The first kappa shape index (κ1) is 16.9. The van der Waals surface area contributed by atoms with E-state index < -0.39 is 18.1 Å². The summed E-state index contributed by atoms with van der Waals surface area (Å²) in [5.41, 5.74) is 6.52. The molecule has 120 valence electrons. The molecule has 1 saturated heterocycles. The minimum Gasteiger partial charge on any atom is -0.468 e. The van der Waals surface area contributed by atoms with E-state index >= 15 is 0 Å². The largest absolute Gasteiger partial charge is 0.468 e. The van der Waals surface area contributed by atoms with Gasteiger partial charge in [-0.2, -0.15) is 0 Å². The highest BCUT2D eigenvalue weighted by atomic mass is 35.5. The number of amides is 1. The van der Waals surface area contributed by atoms with E-state index in [9.17, 15) is 9.59 Å². The van der Waals surface area contributed by atoms with E-state index in [4.69, 9.17) is 33.7 Å². The molecule has 6 nitrogen and oxygen atoms in total. The third kappa shape index (κ3) is 4.03. The molecule has 1 amide bonds. The highest BCUT2D eigenvalue weighted by molar-refractivity contribution is 6.34. The number of halogens is 2. The van der Waals surface area contributed by atoms with E-state index in [0.717, 1.165) is 5.56 Å². The number of ether oxygens (including phenoxy) is 2. The van der Waals surface area contributed by atoms with Gasteiger partial charge in [-0.15, -0.1) is 0 Å². The third-order valence-electron chi connectivity index (χ3n) is 3.38. The van der Waals surface area contributed by atoms with Crippen LogP contribution in [0.25, 0.3) is 0 Å². The van der Waals surface area contributed by atoms with Crippen molar-refractivity contribution in [1.82, 2.24) is 4.90 Å². The van der Waals surface area contributed by atoms with Gasteiger partial charge in [-0.1, -0.05) is 23.2 Å². The van der Waals surface area contributed by atoms with Gasteiger partial charge in [-0.3, -0.25) is 9.69 Å². The highest BCUT2D eigenvalue weighted by Gasteiger charge is 2.35. The summed E-state index contributed by atoms with van der Waals surface area (Å²) in [6.45, 7) is 0.454. The van der Waals surface area contributed by atoms with E-state index in [2.05, 4.69) is 4.74 Å². The van der Waals surface area contributed by atoms with Crippen molar-refractivity contribution in [2.75, 3.05) is 13.7 Å². The van der Waals surface area contributed by atoms with Crippen LogP contribution in [0.15, 0.2) is 18.2 Å². The predicted molar refractivity (Wildman–Crippen MR) is 81.7 cm³/mol. The number of hydrogen-bond donors (Lipinski definition) is 1. The van der Waals surface area contributed by atoms with E-state index in [-0.39, 0.29) is 25.6 Å². The number of cyclic esters (lactones) is 1. The molecule has 1 heterocycles. The Labute approximate surface area is 138 Å². The quantitative estimate of drug-likeness (QED) is 0.826. The smallest absolute Gasteiger partial charge is 0.410 e. The standard InChI is InChI=1S/C14H16Cl2N2O4/c1-21-13(19)12(17)5-11-7-22-14(20)18(11)6-8-2-9(15)4-10(16)3-8/h2-4,11-12H,5-7,17H2,1H3/t11?,12-/m0/s1. The molecule has 0 spiro atoms. The van der Waals surface area contributed by atoms with E-state index in [0.29, 0.717) is 10.0 Å². The monoisotopic (exact) mass is 346 g/mol. The van der Waals surface area contributed by atoms with Crippen molar-refractivity contribution in [2.24, 2.45) is 5.73 Å². The van der Waals surface area contributed by atoms with Gasteiger partial charge in [-0.25, -0.2) is 4.79 Å². The number of methoxy groups -OCH3 is 1. The summed E-state index contributed by atoms with van der Waals surface area (Å²) in [4.78, 5) is 24.8. The fourth-order valence-corrected chi connectivity index (χ4v) is 2.89. The number of nitrogens with two attached hydrogens (primary N) is 1. The van der Waals surface area contributed by atoms with Crippen molar-refractivity contribution in [3.8, 4) is 0 Å². The minimum atomic E-state index is -0.810. The lowest BCUT2D eigenvalue weighted by molar-refractivity contribution is -0.142. The summed E-state index contributed by atoms with van der Waals surface area (Å²) in [6, 6.07) is 3.93. The molecule has 0 aromatic heterocycles. The van der Waals surface area contributed by atoms with Crippen LogP contribution in [-0.4, -0.2) is 42.8 Å². The lowest BCUT2D eigenvalue weighted by atomic mass is 10.1. The van der Waals surface area contributed by atoms with Gasteiger partial charge in [0.25, 0.3) is 0 Å². The number of carbonyl (C=O) groups excluding carboxylic acids is 2. The second-order valence-electron chi connectivity index (χ2n) is 5.00. The number of benzene rings is 1. The van der Waals surface area contributed by atoms with E-state index in [1.807, 2.05) is 0 Å². The van der Waals surface area contributed by atoms with Crippen LogP contribution in [0.3, 0.4) is 0 Å². The maximum Gasteiger partial charge on any atom is 0.410 e. The van der Waals surface area contributed by atoms with Gasteiger partial charge >= 0.3 is 12.1 Å². The molecule has 0 radical (unpaired) electrons. The lowest BCUT2D eigenvalue weighted by Gasteiger charge is -2.23. The fourth-order valence-electron chi connectivity index (χ4n) is 2.32. The van der Waals surface area contributed by atoms with Gasteiger partial charge in [0, 0.05) is 16.6 Å². The Morgan fingerprint density at radius 3 is 2.68 bits per heavy atom. The summed E-state index contributed by atoms with van der Waals surface area (Å²) in [5, 5.41) is 0.968. The van der Waals surface area contributed by atoms with Crippen molar-refractivity contribution in [1.29, 1.82) is 0 Å². The second-order valence-corrected chi connectivity index (χ2v) is 5.87. The maximum absolute atomic E-state index is 11.9. The van der Waals surface area contributed by atoms with Crippen molar-refractivity contribution >= 4 is 35.3 Å². The summed E-state index contributed by atoms with van der Waals surface area (Å²) in [7, 11) is 1.27. The molecule has 1 fully saturated rings. The third-order valence-corrected chi connectivity index (χ3v) is 3.82. The maximum atomic E-state index is 11.9. The molecular formula is C14H16Cl2N2O4. The first-order valence-corrected chi connectivity index (χ1v) is 7.38. The van der Waals surface area contributed by atoms with Crippen molar-refractivity contribution < 1.29 is 19.1 Å². The molecule has 22 heavy (non-hydrogen) atoms. The van der Waals surface area contributed by atoms with Crippen LogP contribution in [0.4, 0.5) is 4.79 Å². The zero-order chi connectivity index (χ0) is 16.3. The van der Waals surface area contributed by atoms with Crippen molar-refractivity contribution in [3.05, 3.63) is 33.8 Å².